The van der Waals surface area contributed by atoms with Crippen molar-refractivity contribution >= 4 is 49.7 Å². The van der Waals surface area contributed by atoms with Crippen molar-refractivity contribution in [2.45, 2.75) is 26.2 Å². The van der Waals surface area contributed by atoms with Gasteiger partial charge in [0.15, 0.2) is 0 Å². The number of nitrogens with two attached hydrogens (primary N) is 1. The van der Waals surface area contributed by atoms with Crippen molar-refractivity contribution in [3.63, 3.8) is 0 Å². The molecule has 4 nitrogen and oxygen atoms in total. The maximum atomic E-state index is 13.3. The summed E-state index contributed by atoms with van der Waals surface area (Å²) in [5.74, 6) is 0.421. The van der Waals surface area contributed by atoms with E-state index in [9.17, 15) is 4.79 Å². The molecule has 140 valence electrons. The van der Waals surface area contributed by atoms with Gasteiger partial charge in [-0.25, -0.2) is 4.98 Å². The minimum absolute atomic E-state index is 0.0302. The molecule has 0 saturated heterocycles. The van der Waals surface area contributed by atoms with E-state index in [0.717, 1.165) is 33.2 Å². The van der Waals surface area contributed by atoms with Gasteiger partial charge in [0.25, 0.3) is 5.91 Å². The number of hydrogen-bond acceptors (Lipinski definition) is 4. The van der Waals surface area contributed by atoms with Crippen LogP contribution in [-0.4, -0.2) is 17.4 Å². The number of aromatic nitrogens is 1. The van der Waals surface area contributed by atoms with Crippen LogP contribution in [-0.2, 0) is 6.42 Å². The summed E-state index contributed by atoms with van der Waals surface area (Å²) in [6.07, 6.45) is 0.882. The molecule has 2 aromatic heterocycles. The first-order chi connectivity index (χ1) is 13.5. The van der Waals surface area contributed by atoms with Gasteiger partial charge in [-0.05, 0) is 47.7 Å². The highest BCUT2D eigenvalue weighted by molar-refractivity contribution is 7.21. The summed E-state index contributed by atoms with van der Waals surface area (Å²) in [6.45, 7) is 5.05. The fourth-order valence-electron chi connectivity index (χ4n) is 3.91. The number of pyridine rings is 1. The second kappa shape index (κ2) is 6.31. The molecular formula is C23H21N3OS. The molecule has 28 heavy (non-hydrogen) atoms. The molecule has 1 amide bonds. The van der Waals surface area contributed by atoms with Crippen molar-refractivity contribution in [2.75, 3.05) is 17.2 Å². The van der Waals surface area contributed by atoms with Gasteiger partial charge in [0.1, 0.15) is 9.71 Å². The lowest BCUT2D eigenvalue weighted by molar-refractivity contribution is 0.0994. The topological polar surface area (TPSA) is 59.2 Å². The molecule has 0 saturated carbocycles. The Hall–Kier alpha value is -2.92. The molecule has 3 heterocycles. The third kappa shape index (κ3) is 2.58. The van der Waals surface area contributed by atoms with Crippen LogP contribution in [0.2, 0.25) is 0 Å². The van der Waals surface area contributed by atoms with Crippen LogP contribution in [0.15, 0.2) is 48.5 Å². The molecule has 0 atom stereocenters. The SMILES string of the molecule is CC(C)c1ccc2nc3sc(C(=O)N4CCc5ccccc54)c(N)c3cc2c1. The Balaban J connectivity index is 1.61. The zero-order valence-corrected chi connectivity index (χ0v) is 16.7. The quantitative estimate of drug-likeness (QED) is 0.504. The van der Waals surface area contributed by atoms with E-state index in [4.69, 9.17) is 10.7 Å². The first kappa shape index (κ1) is 17.2. The van der Waals surface area contributed by atoms with Gasteiger partial charge in [-0.1, -0.05) is 38.1 Å². The Bertz CT molecular complexity index is 1240. The lowest BCUT2D eigenvalue weighted by atomic mass is 10.0. The number of nitrogens with zero attached hydrogens (tertiary/aromatic N) is 2. The van der Waals surface area contributed by atoms with Crippen molar-refractivity contribution in [2.24, 2.45) is 0 Å². The molecule has 0 aliphatic carbocycles. The molecule has 0 fully saturated rings. The Morgan fingerprint density at radius 1 is 1.18 bits per heavy atom. The summed E-state index contributed by atoms with van der Waals surface area (Å²) in [7, 11) is 0. The number of carbonyl (C=O) groups excluding carboxylic acids is 1. The number of amides is 1. The van der Waals surface area contributed by atoms with Crippen molar-refractivity contribution in [1.29, 1.82) is 0 Å². The Kier molecular flexibility index (Phi) is 3.88. The molecule has 1 aliphatic rings. The lowest BCUT2D eigenvalue weighted by Gasteiger charge is -2.16. The van der Waals surface area contributed by atoms with E-state index in [2.05, 4.69) is 44.2 Å². The monoisotopic (exact) mass is 387 g/mol. The summed E-state index contributed by atoms with van der Waals surface area (Å²) in [4.78, 5) is 21.3. The number of benzene rings is 2. The van der Waals surface area contributed by atoms with Gasteiger partial charge >= 0.3 is 0 Å². The van der Waals surface area contributed by atoms with E-state index in [1.54, 1.807) is 0 Å². The second-order valence-electron chi connectivity index (χ2n) is 7.63. The van der Waals surface area contributed by atoms with Crippen molar-refractivity contribution in [1.82, 2.24) is 4.98 Å². The van der Waals surface area contributed by atoms with Crippen LogP contribution in [0.3, 0.4) is 0 Å². The van der Waals surface area contributed by atoms with Crippen LogP contribution >= 0.6 is 11.3 Å². The fraction of sp³-hybridized carbons (Fsp3) is 0.217. The molecular weight excluding hydrogens is 366 g/mol. The lowest BCUT2D eigenvalue weighted by Crippen LogP contribution is -2.28. The molecule has 4 aromatic rings. The average Bonchev–Trinajstić information content (AvgIpc) is 3.27. The highest BCUT2D eigenvalue weighted by Crippen LogP contribution is 2.38. The van der Waals surface area contributed by atoms with Gasteiger partial charge in [-0.3, -0.25) is 4.79 Å². The highest BCUT2D eigenvalue weighted by atomic mass is 32.1. The van der Waals surface area contributed by atoms with E-state index in [1.165, 1.54) is 22.5 Å². The van der Waals surface area contributed by atoms with Crippen LogP contribution < -0.4 is 10.6 Å². The number of anilines is 2. The van der Waals surface area contributed by atoms with Gasteiger partial charge < -0.3 is 10.6 Å². The maximum Gasteiger partial charge on any atom is 0.270 e. The number of carbonyl (C=O) groups is 1. The van der Waals surface area contributed by atoms with Gasteiger partial charge in [0.05, 0.1) is 11.2 Å². The molecule has 1 aliphatic heterocycles. The molecule has 0 unspecified atom stereocenters. The number of fused-ring (bicyclic) bond motifs is 3. The second-order valence-corrected chi connectivity index (χ2v) is 8.63. The predicted octanol–water partition coefficient (Wildman–Crippen LogP) is 5.36. The highest BCUT2D eigenvalue weighted by Gasteiger charge is 2.28. The van der Waals surface area contributed by atoms with E-state index < -0.39 is 0 Å². The number of rotatable bonds is 2. The summed E-state index contributed by atoms with van der Waals surface area (Å²) in [5.41, 5.74) is 11.4. The molecule has 2 aromatic carbocycles. The van der Waals surface area contributed by atoms with Crippen molar-refractivity contribution in [3.8, 4) is 0 Å². The predicted molar refractivity (Wildman–Crippen MR) is 117 cm³/mol. The molecule has 0 spiro atoms. The molecule has 0 radical (unpaired) electrons. The Morgan fingerprint density at radius 3 is 2.82 bits per heavy atom. The Morgan fingerprint density at radius 2 is 2.00 bits per heavy atom. The first-order valence-electron chi connectivity index (χ1n) is 9.55. The summed E-state index contributed by atoms with van der Waals surface area (Å²) in [5, 5.41) is 1.93. The molecule has 5 rings (SSSR count). The number of nitrogen functional groups attached to an aromatic ring is 1. The van der Waals surface area contributed by atoms with E-state index >= 15 is 0 Å². The van der Waals surface area contributed by atoms with Crippen LogP contribution in [0.5, 0.6) is 0 Å². The van der Waals surface area contributed by atoms with Gasteiger partial charge in [-0.15, -0.1) is 11.3 Å². The van der Waals surface area contributed by atoms with Crippen LogP contribution in [0.4, 0.5) is 11.4 Å². The van der Waals surface area contributed by atoms with E-state index in [-0.39, 0.29) is 5.91 Å². The van der Waals surface area contributed by atoms with Crippen molar-refractivity contribution < 1.29 is 4.79 Å². The van der Waals surface area contributed by atoms with Crippen molar-refractivity contribution in [3.05, 3.63) is 64.5 Å². The van der Waals surface area contributed by atoms with Gasteiger partial charge in [0.2, 0.25) is 0 Å². The molecule has 5 heteroatoms. The molecule has 0 bridgehead atoms. The zero-order valence-electron chi connectivity index (χ0n) is 15.9. The summed E-state index contributed by atoms with van der Waals surface area (Å²) < 4.78 is 0. The third-order valence-electron chi connectivity index (χ3n) is 5.53. The maximum absolute atomic E-state index is 13.3. The Labute approximate surface area is 167 Å². The summed E-state index contributed by atoms with van der Waals surface area (Å²) >= 11 is 1.39. The standard InChI is InChI=1S/C23H21N3OS/c1-13(2)15-7-8-18-16(11-15)12-17-20(24)21(28-22(17)25-18)23(27)26-10-9-14-5-3-4-6-19(14)26/h3-8,11-13H,9-10,24H2,1-2H3. The number of thiophene rings is 1. The van der Waals surface area contributed by atoms with Gasteiger partial charge in [-0.2, -0.15) is 0 Å². The number of hydrogen-bond donors (Lipinski definition) is 1. The summed E-state index contributed by atoms with van der Waals surface area (Å²) in [6, 6.07) is 16.5. The van der Waals surface area contributed by atoms with Gasteiger partial charge in [0, 0.05) is 23.0 Å². The minimum Gasteiger partial charge on any atom is -0.397 e. The fourth-order valence-corrected chi connectivity index (χ4v) is 4.95. The zero-order chi connectivity index (χ0) is 19.4. The van der Waals surface area contributed by atoms with Crippen LogP contribution in [0.1, 0.15) is 40.6 Å². The molecule has 2 N–H and O–H groups in total. The van der Waals surface area contributed by atoms with Crippen LogP contribution in [0, 0.1) is 0 Å². The van der Waals surface area contributed by atoms with E-state index in [1.807, 2.05) is 23.1 Å². The average molecular weight is 388 g/mol. The minimum atomic E-state index is -0.0302. The number of para-hydroxylation sites is 1. The normalized spacial score (nSPS) is 13.6. The van der Waals surface area contributed by atoms with E-state index in [0.29, 0.717) is 23.0 Å². The third-order valence-corrected chi connectivity index (χ3v) is 6.63. The first-order valence-corrected chi connectivity index (χ1v) is 10.4. The van der Waals surface area contributed by atoms with Crippen LogP contribution in [0.25, 0.3) is 21.1 Å². The largest absolute Gasteiger partial charge is 0.397 e. The smallest absolute Gasteiger partial charge is 0.270 e.